The molecule has 0 saturated carbocycles. The molecule has 2 heterocycles. The summed E-state index contributed by atoms with van der Waals surface area (Å²) in [5.41, 5.74) is 0.702. The molecule has 0 radical (unpaired) electrons. The highest BCUT2D eigenvalue weighted by Crippen LogP contribution is 2.21. The number of hydrogen-bond acceptors (Lipinski definition) is 3. The Morgan fingerprint density at radius 2 is 2.06 bits per heavy atom. The molecule has 3 aromatic rings. The first-order valence-electron chi connectivity index (χ1n) is 5.42. The van der Waals surface area contributed by atoms with Crippen LogP contribution in [0.15, 0.2) is 47.5 Å². The van der Waals surface area contributed by atoms with Crippen molar-refractivity contribution in [1.82, 2.24) is 9.55 Å². The van der Waals surface area contributed by atoms with Crippen LogP contribution in [0.5, 0.6) is 0 Å². The maximum Gasteiger partial charge on any atom is 0.261 e. The molecule has 0 spiro atoms. The molecule has 0 aliphatic carbocycles. The molecule has 0 amide bonds. The van der Waals surface area contributed by atoms with Gasteiger partial charge in [-0.1, -0.05) is 23.7 Å². The van der Waals surface area contributed by atoms with Gasteiger partial charge in [-0.3, -0.25) is 9.36 Å². The SMILES string of the molecule is O=c1c2ccccc2ncn1Cc1ccc(Cl)s1. The average Bonchev–Trinajstić information content (AvgIpc) is 2.79. The number of para-hydroxylation sites is 1. The van der Waals surface area contributed by atoms with E-state index in [1.54, 1.807) is 17.0 Å². The van der Waals surface area contributed by atoms with E-state index in [-0.39, 0.29) is 5.56 Å². The van der Waals surface area contributed by atoms with Crippen molar-refractivity contribution in [3.8, 4) is 0 Å². The topological polar surface area (TPSA) is 34.9 Å². The highest BCUT2D eigenvalue weighted by molar-refractivity contribution is 7.16. The van der Waals surface area contributed by atoms with E-state index in [2.05, 4.69) is 4.98 Å². The summed E-state index contributed by atoms with van der Waals surface area (Å²) in [6.07, 6.45) is 1.58. The highest BCUT2D eigenvalue weighted by atomic mass is 35.5. The summed E-state index contributed by atoms with van der Waals surface area (Å²) < 4.78 is 2.33. The maximum atomic E-state index is 12.2. The molecule has 0 aliphatic heterocycles. The van der Waals surface area contributed by atoms with Crippen molar-refractivity contribution in [2.75, 3.05) is 0 Å². The first-order valence-corrected chi connectivity index (χ1v) is 6.62. The van der Waals surface area contributed by atoms with Crippen molar-refractivity contribution < 1.29 is 0 Å². The number of aromatic nitrogens is 2. The Kier molecular flexibility index (Phi) is 2.89. The van der Waals surface area contributed by atoms with E-state index in [1.807, 2.05) is 30.3 Å². The van der Waals surface area contributed by atoms with E-state index in [4.69, 9.17) is 11.6 Å². The minimum Gasteiger partial charge on any atom is -0.293 e. The number of thiophene rings is 1. The number of nitrogens with zero attached hydrogens (tertiary/aromatic N) is 2. The van der Waals surface area contributed by atoms with Gasteiger partial charge in [-0.05, 0) is 24.3 Å². The zero-order valence-corrected chi connectivity index (χ0v) is 10.9. The third-order valence-corrected chi connectivity index (χ3v) is 3.90. The van der Waals surface area contributed by atoms with Crippen molar-refractivity contribution in [2.24, 2.45) is 0 Å². The smallest absolute Gasteiger partial charge is 0.261 e. The fourth-order valence-electron chi connectivity index (χ4n) is 1.82. The Hall–Kier alpha value is -1.65. The number of rotatable bonds is 2. The monoisotopic (exact) mass is 276 g/mol. The molecule has 3 rings (SSSR count). The predicted molar refractivity (Wildman–Crippen MR) is 74.4 cm³/mol. The minimum atomic E-state index is -0.0230. The van der Waals surface area contributed by atoms with E-state index < -0.39 is 0 Å². The number of hydrogen-bond donors (Lipinski definition) is 0. The normalized spacial score (nSPS) is 10.9. The summed E-state index contributed by atoms with van der Waals surface area (Å²) in [4.78, 5) is 17.6. The lowest BCUT2D eigenvalue weighted by molar-refractivity contribution is 0.758. The van der Waals surface area contributed by atoms with Crippen molar-refractivity contribution in [2.45, 2.75) is 6.54 Å². The molecule has 0 saturated heterocycles. The van der Waals surface area contributed by atoms with Gasteiger partial charge in [0.2, 0.25) is 0 Å². The number of benzene rings is 1. The van der Waals surface area contributed by atoms with Gasteiger partial charge in [0.15, 0.2) is 0 Å². The lowest BCUT2D eigenvalue weighted by Gasteiger charge is -2.04. The van der Waals surface area contributed by atoms with Crippen molar-refractivity contribution in [1.29, 1.82) is 0 Å². The molecule has 5 heteroatoms. The lowest BCUT2D eigenvalue weighted by atomic mass is 10.2. The van der Waals surface area contributed by atoms with E-state index in [0.717, 1.165) is 14.7 Å². The van der Waals surface area contributed by atoms with E-state index in [0.29, 0.717) is 11.9 Å². The van der Waals surface area contributed by atoms with Gasteiger partial charge in [0.05, 0.1) is 28.1 Å². The molecule has 0 bridgehead atoms. The molecular formula is C13H9ClN2OS. The summed E-state index contributed by atoms with van der Waals surface area (Å²) in [6.45, 7) is 0.508. The molecule has 0 fully saturated rings. The molecule has 90 valence electrons. The first-order chi connectivity index (χ1) is 8.74. The molecule has 0 N–H and O–H groups in total. The van der Waals surface area contributed by atoms with Gasteiger partial charge < -0.3 is 0 Å². The fraction of sp³-hybridized carbons (Fsp3) is 0.0769. The third kappa shape index (κ3) is 2.05. The van der Waals surface area contributed by atoms with Gasteiger partial charge in [0, 0.05) is 4.88 Å². The number of fused-ring (bicyclic) bond motifs is 1. The standard InChI is InChI=1S/C13H9ClN2OS/c14-12-6-5-9(18-12)7-16-8-15-11-4-2-1-3-10(11)13(16)17/h1-6,8H,7H2. The minimum absolute atomic E-state index is 0.0230. The fourth-order valence-corrected chi connectivity index (χ4v) is 2.91. The van der Waals surface area contributed by atoms with Crippen LogP contribution < -0.4 is 5.56 Å². The second-order valence-electron chi connectivity index (χ2n) is 3.90. The van der Waals surface area contributed by atoms with Gasteiger partial charge in [-0.2, -0.15) is 0 Å². The molecule has 18 heavy (non-hydrogen) atoms. The zero-order chi connectivity index (χ0) is 12.5. The lowest BCUT2D eigenvalue weighted by Crippen LogP contribution is -2.20. The second-order valence-corrected chi connectivity index (χ2v) is 5.70. The van der Waals surface area contributed by atoms with Crippen molar-refractivity contribution in [3.63, 3.8) is 0 Å². The predicted octanol–water partition coefficient (Wildman–Crippen LogP) is 3.16. The van der Waals surface area contributed by atoms with Crippen molar-refractivity contribution >= 4 is 33.8 Å². The van der Waals surface area contributed by atoms with Crippen LogP contribution in [0.1, 0.15) is 4.88 Å². The van der Waals surface area contributed by atoms with Crippen LogP contribution in [-0.2, 0) is 6.54 Å². The Balaban J connectivity index is 2.08. The van der Waals surface area contributed by atoms with Crippen LogP contribution in [0.4, 0.5) is 0 Å². The highest BCUT2D eigenvalue weighted by Gasteiger charge is 2.05. The van der Waals surface area contributed by atoms with E-state index in [9.17, 15) is 4.79 Å². The summed E-state index contributed by atoms with van der Waals surface area (Å²) in [5.74, 6) is 0. The molecule has 1 aromatic carbocycles. The molecule has 0 aliphatic rings. The molecule has 3 nitrogen and oxygen atoms in total. The van der Waals surface area contributed by atoms with Gasteiger partial charge in [0.25, 0.3) is 5.56 Å². The Labute approximate surface area is 112 Å². The summed E-state index contributed by atoms with van der Waals surface area (Å²) in [7, 11) is 0. The van der Waals surface area contributed by atoms with Crippen LogP contribution in [0.25, 0.3) is 10.9 Å². The Morgan fingerprint density at radius 3 is 2.83 bits per heavy atom. The van der Waals surface area contributed by atoms with E-state index >= 15 is 0 Å². The quantitative estimate of drug-likeness (QED) is 0.721. The molecule has 0 atom stereocenters. The second kappa shape index (κ2) is 4.55. The summed E-state index contributed by atoms with van der Waals surface area (Å²) in [5, 5.41) is 0.641. The van der Waals surface area contributed by atoms with Crippen LogP contribution >= 0.6 is 22.9 Å². The zero-order valence-electron chi connectivity index (χ0n) is 9.34. The third-order valence-electron chi connectivity index (χ3n) is 2.69. The largest absolute Gasteiger partial charge is 0.293 e. The summed E-state index contributed by atoms with van der Waals surface area (Å²) in [6, 6.07) is 11.1. The van der Waals surface area contributed by atoms with Gasteiger partial charge in [-0.25, -0.2) is 4.98 Å². The van der Waals surface area contributed by atoms with Crippen LogP contribution in [-0.4, -0.2) is 9.55 Å². The average molecular weight is 277 g/mol. The van der Waals surface area contributed by atoms with Gasteiger partial charge >= 0.3 is 0 Å². The van der Waals surface area contributed by atoms with Crippen molar-refractivity contribution in [3.05, 3.63) is 62.3 Å². The van der Waals surface area contributed by atoms with E-state index in [1.165, 1.54) is 11.3 Å². The number of halogens is 1. The van der Waals surface area contributed by atoms with Crippen LogP contribution in [0.3, 0.4) is 0 Å². The molecule has 2 aromatic heterocycles. The Bertz CT molecular complexity index is 763. The Morgan fingerprint density at radius 1 is 1.22 bits per heavy atom. The van der Waals surface area contributed by atoms with Crippen LogP contribution in [0.2, 0.25) is 4.34 Å². The molecular weight excluding hydrogens is 268 g/mol. The maximum absolute atomic E-state index is 12.2. The van der Waals surface area contributed by atoms with Gasteiger partial charge in [-0.15, -0.1) is 11.3 Å². The van der Waals surface area contributed by atoms with Gasteiger partial charge in [0.1, 0.15) is 0 Å². The summed E-state index contributed by atoms with van der Waals surface area (Å²) >= 11 is 7.35. The molecule has 0 unspecified atom stereocenters. The van der Waals surface area contributed by atoms with Crippen LogP contribution in [0, 0.1) is 0 Å². The first kappa shape index (κ1) is 11.4.